The molecule has 1 aromatic rings. The van der Waals surface area contributed by atoms with Gasteiger partial charge >= 0.3 is 12.0 Å². The summed E-state index contributed by atoms with van der Waals surface area (Å²) in [7, 11) is 0. The quantitative estimate of drug-likeness (QED) is 0.774. The maximum atomic E-state index is 5.72. The first-order valence-electron chi connectivity index (χ1n) is 5.06. The molecule has 1 fully saturated rings. The molecule has 0 radical (unpaired) electrons. The van der Waals surface area contributed by atoms with Gasteiger partial charge in [-0.05, 0) is 18.0 Å². The topological polar surface area (TPSA) is 66.4 Å². The van der Waals surface area contributed by atoms with Crippen LogP contribution in [-0.4, -0.2) is 40.9 Å². The van der Waals surface area contributed by atoms with Crippen molar-refractivity contribution in [2.45, 2.75) is 19.4 Å². The molecule has 1 aliphatic rings. The van der Waals surface area contributed by atoms with E-state index in [-0.39, 0.29) is 23.4 Å². The van der Waals surface area contributed by atoms with Gasteiger partial charge in [-0.2, -0.15) is 9.97 Å². The van der Waals surface area contributed by atoms with Gasteiger partial charge in [-0.1, -0.05) is 6.92 Å². The highest BCUT2D eigenvalue weighted by atomic mass is 35.5. The number of aromatic nitrogens is 3. The lowest BCUT2D eigenvalue weighted by molar-refractivity contribution is -0.0833. The summed E-state index contributed by atoms with van der Waals surface area (Å²) in [5, 5.41) is 0.0661. The van der Waals surface area contributed by atoms with Crippen molar-refractivity contribution in [3.05, 3.63) is 5.28 Å². The molecule has 1 saturated heterocycles. The van der Waals surface area contributed by atoms with Gasteiger partial charge in [0.2, 0.25) is 5.28 Å². The Balaban J connectivity index is 2.02. The Morgan fingerprint density at radius 2 is 2.06 bits per heavy atom. The number of halogens is 1. The van der Waals surface area contributed by atoms with Crippen molar-refractivity contribution in [2.24, 2.45) is 0 Å². The van der Waals surface area contributed by atoms with Gasteiger partial charge in [0.05, 0.1) is 19.8 Å². The highest BCUT2D eigenvalue weighted by Crippen LogP contribution is 2.16. The Labute approximate surface area is 97.9 Å². The Bertz CT molecular complexity index is 360. The van der Waals surface area contributed by atoms with Gasteiger partial charge in [0.1, 0.15) is 6.10 Å². The molecule has 2 rings (SSSR count). The van der Waals surface area contributed by atoms with Crippen LogP contribution in [0, 0.1) is 0 Å². The Morgan fingerprint density at radius 3 is 2.69 bits per heavy atom. The molecule has 0 saturated carbocycles. The summed E-state index contributed by atoms with van der Waals surface area (Å²) < 4.78 is 15.6. The molecule has 2 heterocycles. The predicted molar refractivity (Wildman–Crippen MR) is 55.9 cm³/mol. The van der Waals surface area contributed by atoms with Crippen LogP contribution in [0.2, 0.25) is 5.28 Å². The first kappa shape index (κ1) is 11.3. The van der Waals surface area contributed by atoms with E-state index in [1.807, 2.05) is 6.92 Å². The van der Waals surface area contributed by atoms with Crippen LogP contribution < -0.4 is 9.47 Å². The Kier molecular flexibility index (Phi) is 3.74. The number of rotatable bonds is 5. The molecule has 6 nitrogen and oxygen atoms in total. The number of hydrogen-bond donors (Lipinski definition) is 0. The fourth-order valence-electron chi connectivity index (χ4n) is 1.06. The van der Waals surface area contributed by atoms with Crippen molar-refractivity contribution in [1.82, 2.24) is 15.0 Å². The smallest absolute Gasteiger partial charge is 0.324 e. The number of ether oxygens (including phenoxy) is 3. The SMILES string of the molecule is CCCOc1nc(Cl)nc(OC2COC2)n1. The minimum atomic E-state index is -0.00232. The van der Waals surface area contributed by atoms with Crippen LogP contribution >= 0.6 is 11.6 Å². The average molecular weight is 246 g/mol. The normalized spacial score (nSPS) is 15.6. The first-order valence-corrected chi connectivity index (χ1v) is 5.44. The molecule has 1 aliphatic heterocycles. The lowest BCUT2D eigenvalue weighted by Crippen LogP contribution is -2.39. The van der Waals surface area contributed by atoms with Crippen molar-refractivity contribution in [3.63, 3.8) is 0 Å². The third kappa shape index (κ3) is 2.93. The molecule has 0 N–H and O–H groups in total. The summed E-state index contributed by atoms with van der Waals surface area (Å²) in [5.41, 5.74) is 0. The lowest BCUT2D eigenvalue weighted by Gasteiger charge is -2.25. The number of nitrogens with zero attached hydrogens (tertiary/aromatic N) is 3. The van der Waals surface area contributed by atoms with E-state index < -0.39 is 0 Å². The summed E-state index contributed by atoms with van der Waals surface area (Å²) in [4.78, 5) is 11.7. The van der Waals surface area contributed by atoms with Gasteiger partial charge in [0.15, 0.2) is 0 Å². The average Bonchev–Trinajstić information content (AvgIpc) is 2.20. The molecule has 0 aliphatic carbocycles. The van der Waals surface area contributed by atoms with E-state index in [9.17, 15) is 0 Å². The summed E-state index contributed by atoms with van der Waals surface area (Å²) in [6.07, 6.45) is 0.869. The van der Waals surface area contributed by atoms with Gasteiger partial charge < -0.3 is 14.2 Å². The van der Waals surface area contributed by atoms with Crippen molar-refractivity contribution < 1.29 is 14.2 Å². The van der Waals surface area contributed by atoms with Gasteiger partial charge in [-0.3, -0.25) is 0 Å². The first-order chi connectivity index (χ1) is 7.78. The molecular weight excluding hydrogens is 234 g/mol. The van der Waals surface area contributed by atoms with Crippen LogP contribution in [0.3, 0.4) is 0 Å². The highest BCUT2D eigenvalue weighted by molar-refractivity contribution is 6.28. The predicted octanol–water partition coefficient (Wildman–Crippen LogP) is 1.09. The molecule has 0 aromatic carbocycles. The van der Waals surface area contributed by atoms with E-state index in [0.717, 1.165) is 6.42 Å². The minimum Gasteiger partial charge on any atom is -0.463 e. The van der Waals surface area contributed by atoms with Crippen LogP contribution in [0.15, 0.2) is 0 Å². The van der Waals surface area contributed by atoms with Gasteiger partial charge in [-0.15, -0.1) is 4.98 Å². The zero-order valence-electron chi connectivity index (χ0n) is 8.85. The summed E-state index contributed by atoms with van der Waals surface area (Å²) in [6, 6.07) is 0.372. The third-order valence-corrected chi connectivity index (χ3v) is 2.05. The van der Waals surface area contributed by atoms with E-state index in [4.69, 9.17) is 25.8 Å². The molecule has 88 valence electrons. The molecular formula is C9H12ClN3O3. The van der Waals surface area contributed by atoms with Crippen molar-refractivity contribution in [1.29, 1.82) is 0 Å². The Hall–Kier alpha value is -1.14. The number of hydrogen-bond acceptors (Lipinski definition) is 6. The maximum Gasteiger partial charge on any atom is 0.324 e. The standard InChI is InChI=1S/C9H12ClN3O3/c1-2-3-15-8-11-7(10)12-9(13-8)16-6-4-14-5-6/h6H,2-5H2,1H3. The molecule has 0 unspecified atom stereocenters. The van der Waals surface area contributed by atoms with Gasteiger partial charge in [-0.25, -0.2) is 0 Å². The summed E-state index contributed by atoms with van der Waals surface area (Å²) in [6.45, 7) is 3.63. The zero-order chi connectivity index (χ0) is 11.4. The molecule has 7 heteroatoms. The summed E-state index contributed by atoms with van der Waals surface area (Å²) >= 11 is 5.72. The molecule has 1 aromatic heterocycles. The van der Waals surface area contributed by atoms with Crippen LogP contribution in [0.4, 0.5) is 0 Å². The van der Waals surface area contributed by atoms with E-state index >= 15 is 0 Å². The molecule has 0 bridgehead atoms. The van der Waals surface area contributed by atoms with Crippen molar-refractivity contribution >= 4 is 11.6 Å². The van der Waals surface area contributed by atoms with E-state index in [1.54, 1.807) is 0 Å². The minimum absolute atomic E-state index is 0.00232. The largest absolute Gasteiger partial charge is 0.463 e. The fourth-order valence-corrected chi connectivity index (χ4v) is 1.20. The molecule has 0 spiro atoms. The monoisotopic (exact) mass is 245 g/mol. The van der Waals surface area contributed by atoms with Crippen molar-refractivity contribution in [2.75, 3.05) is 19.8 Å². The second-order valence-electron chi connectivity index (χ2n) is 3.30. The molecule has 0 amide bonds. The van der Waals surface area contributed by atoms with Gasteiger partial charge in [0, 0.05) is 0 Å². The molecule has 0 atom stereocenters. The van der Waals surface area contributed by atoms with E-state index in [1.165, 1.54) is 0 Å². The van der Waals surface area contributed by atoms with E-state index in [2.05, 4.69) is 15.0 Å². The fraction of sp³-hybridized carbons (Fsp3) is 0.667. The third-order valence-electron chi connectivity index (χ3n) is 1.88. The highest BCUT2D eigenvalue weighted by Gasteiger charge is 2.22. The second-order valence-corrected chi connectivity index (χ2v) is 3.63. The van der Waals surface area contributed by atoms with Crippen LogP contribution in [0.1, 0.15) is 13.3 Å². The van der Waals surface area contributed by atoms with E-state index in [0.29, 0.717) is 19.8 Å². The second kappa shape index (κ2) is 5.27. The van der Waals surface area contributed by atoms with Crippen LogP contribution in [0.5, 0.6) is 12.0 Å². The lowest BCUT2D eigenvalue weighted by atomic mass is 10.3. The Morgan fingerprint density at radius 1 is 1.31 bits per heavy atom. The maximum absolute atomic E-state index is 5.72. The zero-order valence-corrected chi connectivity index (χ0v) is 9.61. The molecule has 16 heavy (non-hydrogen) atoms. The van der Waals surface area contributed by atoms with Crippen LogP contribution in [-0.2, 0) is 4.74 Å². The van der Waals surface area contributed by atoms with Crippen LogP contribution in [0.25, 0.3) is 0 Å². The van der Waals surface area contributed by atoms with Crippen molar-refractivity contribution in [3.8, 4) is 12.0 Å². The summed E-state index contributed by atoms with van der Waals surface area (Å²) in [5.74, 6) is 0. The van der Waals surface area contributed by atoms with Gasteiger partial charge in [0.25, 0.3) is 0 Å².